The summed E-state index contributed by atoms with van der Waals surface area (Å²) in [5, 5.41) is 0. The summed E-state index contributed by atoms with van der Waals surface area (Å²) in [6.45, 7) is 4.01. The summed E-state index contributed by atoms with van der Waals surface area (Å²) in [4.78, 5) is 11.1. The molecule has 1 aromatic heterocycles. The molecule has 0 fully saturated rings. The normalized spacial score (nSPS) is 19.1. The molecule has 1 heterocycles. The molecule has 0 aromatic carbocycles. The molecule has 1 aromatic rings. The smallest absolute Gasteiger partial charge is 0.336 e. The van der Waals surface area contributed by atoms with Crippen LogP contribution >= 0.6 is 0 Å². The lowest BCUT2D eigenvalue weighted by molar-refractivity contribution is 0.498. The molecule has 2 heteroatoms. The van der Waals surface area contributed by atoms with E-state index in [0.717, 1.165) is 11.1 Å². The average Bonchev–Trinajstić information content (AvgIpc) is 2.28. The second kappa shape index (κ2) is 3.29. The molecule has 0 radical (unpaired) electrons. The van der Waals surface area contributed by atoms with E-state index in [1.165, 1.54) is 6.07 Å². The van der Waals surface area contributed by atoms with Crippen molar-refractivity contribution in [1.82, 2.24) is 0 Å². The Morgan fingerprint density at radius 3 is 2.79 bits per heavy atom. The van der Waals surface area contributed by atoms with Gasteiger partial charge in [-0.25, -0.2) is 4.79 Å². The number of fused-ring (bicyclic) bond motifs is 1. The van der Waals surface area contributed by atoms with Gasteiger partial charge in [-0.2, -0.15) is 0 Å². The summed E-state index contributed by atoms with van der Waals surface area (Å²) in [7, 11) is 0. The predicted octanol–water partition coefficient (Wildman–Crippen LogP) is 2.62. The number of rotatable bonds is 0. The van der Waals surface area contributed by atoms with E-state index in [0.29, 0.717) is 11.7 Å². The van der Waals surface area contributed by atoms with Crippen LogP contribution in [0.15, 0.2) is 27.4 Å². The minimum atomic E-state index is -0.283. The summed E-state index contributed by atoms with van der Waals surface area (Å²) < 4.78 is 5.12. The van der Waals surface area contributed by atoms with Gasteiger partial charge in [0.25, 0.3) is 0 Å². The van der Waals surface area contributed by atoms with Gasteiger partial charge in [-0.05, 0) is 24.5 Å². The molecule has 0 N–H and O–H groups in total. The first-order valence-corrected chi connectivity index (χ1v) is 4.68. The van der Waals surface area contributed by atoms with Crippen LogP contribution in [0, 0.1) is 12.8 Å². The third-order valence-corrected chi connectivity index (χ3v) is 2.35. The third kappa shape index (κ3) is 1.55. The highest BCUT2D eigenvalue weighted by molar-refractivity contribution is 5.66. The van der Waals surface area contributed by atoms with Crippen LogP contribution < -0.4 is 5.63 Å². The molecule has 1 aliphatic carbocycles. The molecule has 1 atom stereocenters. The molecule has 0 amide bonds. The van der Waals surface area contributed by atoms with Crippen molar-refractivity contribution in [2.45, 2.75) is 13.8 Å². The van der Waals surface area contributed by atoms with E-state index in [1.54, 1.807) is 0 Å². The number of hydrogen-bond donors (Lipinski definition) is 0. The molecule has 2 rings (SSSR count). The van der Waals surface area contributed by atoms with E-state index in [9.17, 15) is 4.79 Å². The summed E-state index contributed by atoms with van der Waals surface area (Å²) in [5.41, 5.74) is 1.69. The first-order valence-electron chi connectivity index (χ1n) is 4.68. The lowest BCUT2D eigenvalue weighted by atomic mass is 10.1. The lowest BCUT2D eigenvalue weighted by Gasteiger charge is -2.01. The van der Waals surface area contributed by atoms with Crippen LogP contribution in [0.5, 0.6) is 0 Å². The van der Waals surface area contributed by atoms with Crippen LogP contribution in [-0.2, 0) is 0 Å². The number of hydrogen-bond acceptors (Lipinski definition) is 2. The van der Waals surface area contributed by atoms with Gasteiger partial charge in [-0.3, -0.25) is 0 Å². The van der Waals surface area contributed by atoms with Gasteiger partial charge < -0.3 is 4.42 Å². The molecule has 1 aliphatic rings. The van der Waals surface area contributed by atoms with Gasteiger partial charge in [0, 0.05) is 11.6 Å². The van der Waals surface area contributed by atoms with E-state index < -0.39 is 0 Å². The maximum atomic E-state index is 11.1. The quantitative estimate of drug-likeness (QED) is 0.626. The lowest BCUT2D eigenvalue weighted by Crippen LogP contribution is -2.01. The molecule has 14 heavy (non-hydrogen) atoms. The second-order valence-corrected chi connectivity index (χ2v) is 3.60. The second-order valence-electron chi connectivity index (χ2n) is 3.60. The zero-order valence-electron chi connectivity index (χ0n) is 8.28. The van der Waals surface area contributed by atoms with Gasteiger partial charge in [0.15, 0.2) is 0 Å². The van der Waals surface area contributed by atoms with Crippen molar-refractivity contribution in [3.63, 3.8) is 0 Å². The van der Waals surface area contributed by atoms with E-state index in [2.05, 4.69) is 13.0 Å². The van der Waals surface area contributed by atoms with Crippen LogP contribution in [0.3, 0.4) is 0 Å². The maximum Gasteiger partial charge on any atom is 0.336 e. The van der Waals surface area contributed by atoms with Crippen molar-refractivity contribution in [1.29, 1.82) is 0 Å². The zero-order chi connectivity index (χ0) is 10.1. The Bertz CT molecular complexity index is 464. The molecule has 0 aliphatic heterocycles. The highest BCUT2D eigenvalue weighted by atomic mass is 16.4. The van der Waals surface area contributed by atoms with Crippen LogP contribution in [0.1, 0.15) is 23.8 Å². The van der Waals surface area contributed by atoms with Gasteiger partial charge in [-0.1, -0.05) is 25.2 Å². The highest BCUT2D eigenvalue weighted by Crippen LogP contribution is 2.20. The van der Waals surface area contributed by atoms with E-state index in [-0.39, 0.29) is 5.63 Å². The monoisotopic (exact) mass is 188 g/mol. The Morgan fingerprint density at radius 1 is 1.29 bits per heavy atom. The number of aryl methyl sites for hydroxylation is 1. The van der Waals surface area contributed by atoms with Gasteiger partial charge in [-0.15, -0.1) is 0 Å². The standard InChI is InChI=1S/C12H12O2/c1-8-3-5-10-9(2)7-12(13)14-11(10)6-4-8/h3-8H,1-2H3. The van der Waals surface area contributed by atoms with Crippen molar-refractivity contribution < 1.29 is 4.42 Å². The molecular weight excluding hydrogens is 176 g/mol. The fraction of sp³-hybridized carbons (Fsp3) is 0.250. The zero-order valence-corrected chi connectivity index (χ0v) is 8.28. The Labute approximate surface area is 82.6 Å². The topological polar surface area (TPSA) is 30.2 Å². The van der Waals surface area contributed by atoms with E-state index in [4.69, 9.17) is 4.42 Å². The summed E-state index contributed by atoms with van der Waals surface area (Å²) >= 11 is 0. The summed E-state index contributed by atoms with van der Waals surface area (Å²) in [6.07, 6.45) is 7.99. The van der Waals surface area contributed by atoms with Crippen molar-refractivity contribution in [3.8, 4) is 0 Å². The molecule has 0 spiro atoms. The Balaban J connectivity index is 2.68. The van der Waals surface area contributed by atoms with Crippen molar-refractivity contribution >= 4 is 12.2 Å². The first-order chi connectivity index (χ1) is 6.66. The fourth-order valence-electron chi connectivity index (χ4n) is 1.53. The molecular formula is C12H12O2. The van der Waals surface area contributed by atoms with Gasteiger partial charge in [0.05, 0.1) is 0 Å². The molecule has 72 valence electrons. The van der Waals surface area contributed by atoms with Crippen LogP contribution in [0.25, 0.3) is 12.2 Å². The van der Waals surface area contributed by atoms with Crippen LogP contribution in [-0.4, -0.2) is 0 Å². The highest BCUT2D eigenvalue weighted by Gasteiger charge is 2.08. The Kier molecular flexibility index (Phi) is 2.12. The summed E-state index contributed by atoms with van der Waals surface area (Å²) in [5.74, 6) is 1.04. The molecule has 0 bridgehead atoms. The molecule has 2 nitrogen and oxygen atoms in total. The minimum absolute atomic E-state index is 0.283. The summed E-state index contributed by atoms with van der Waals surface area (Å²) in [6, 6.07) is 1.52. The van der Waals surface area contributed by atoms with E-state index >= 15 is 0 Å². The SMILES string of the molecule is Cc1cc(=O)oc2c1C=CC(C)C=C2. The third-order valence-electron chi connectivity index (χ3n) is 2.35. The molecule has 0 saturated heterocycles. The number of allylic oxidation sites excluding steroid dienone is 2. The van der Waals surface area contributed by atoms with Gasteiger partial charge >= 0.3 is 5.63 Å². The van der Waals surface area contributed by atoms with E-state index in [1.807, 2.05) is 25.2 Å². The van der Waals surface area contributed by atoms with Crippen LogP contribution in [0.2, 0.25) is 0 Å². The Hall–Kier alpha value is -1.57. The average molecular weight is 188 g/mol. The van der Waals surface area contributed by atoms with Crippen molar-refractivity contribution in [2.75, 3.05) is 0 Å². The van der Waals surface area contributed by atoms with Crippen molar-refractivity contribution in [3.05, 3.63) is 45.5 Å². The van der Waals surface area contributed by atoms with Gasteiger partial charge in [0.2, 0.25) is 0 Å². The molecule has 1 unspecified atom stereocenters. The predicted molar refractivity (Wildman–Crippen MR) is 56.9 cm³/mol. The molecule has 0 saturated carbocycles. The largest absolute Gasteiger partial charge is 0.423 e. The fourth-order valence-corrected chi connectivity index (χ4v) is 1.53. The Morgan fingerprint density at radius 2 is 2.00 bits per heavy atom. The maximum absolute atomic E-state index is 11.1. The first kappa shape index (κ1) is 9.00. The minimum Gasteiger partial charge on any atom is -0.423 e. The van der Waals surface area contributed by atoms with Gasteiger partial charge in [0.1, 0.15) is 5.76 Å². The van der Waals surface area contributed by atoms with Crippen molar-refractivity contribution in [2.24, 2.45) is 5.92 Å². The van der Waals surface area contributed by atoms with Crippen LogP contribution in [0.4, 0.5) is 0 Å².